The number of hydrogen-bond acceptors (Lipinski definition) is 9. The first-order valence-corrected chi connectivity index (χ1v) is 15.6. The van der Waals surface area contributed by atoms with Gasteiger partial charge >= 0.3 is 18.0 Å². The lowest BCUT2D eigenvalue weighted by Gasteiger charge is -2.61. The molecule has 10 nitrogen and oxygen atoms in total. The standard InChI is InChI=1S/C35H41NO9/c1-20-13-16-34-27-22-11-12-24(41-5)29(27)44-30(34)25(14-17-35(34,40)23(20)19-22)42-31(38)28(21-9-7-6-8-10-21)43-26(37)15-18-36-32(39)45-33(2,3)4/h6-12,14,20,23,28,30,40H,13,15-19H2,1-5H3,(H,36,39)/t20?,23-,28-,30-,34-,35+/m0/s1. The Morgan fingerprint density at radius 1 is 1.13 bits per heavy atom. The van der Waals surface area contributed by atoms with Crippen molar-refractivity contribution in [1.82, 2.24) is 5.32 Å². The number of nitrogens with one attached hydrogen (secondary N) is 1. The fraction of sp³-hybridized carbons (Fsp3) is 0.514. The molecule has 6 atom stereocenters. The molecule has 2 N–H and O–H groups in total. The molecule has 2 aromatic carbocycles. The van der Waals surface area contributed by atoms with E-state index >= 15 is 0 Å². The van der Waals surface area contributed by atoms with Crippen molar-refractivity contribution in [3.05, 3.63) is 71.0 Å². The van der Waals surface area contributed by atoms with E-state index in [1.165, 1.54) is 0 Å². The number of esters is 2. The van der Waals surface area contributed by atoms with Crippen LogP contribution >= 0.6 is 0 Å². The number of aliphatic hydroxyl groups is 1. The maximum Gasteiger partial charge on any atom is 0.407 e. The number of amides is 1. The molecular weight excluding hydrogens is 578 g/mol. The molecule has 1 heterocycles. The summed E-state index contributed by atoms with van der Waals surface area (Å²) in [6.45, 7) is 7.38. The molecule has 1 aliphatic heterocycles. The van der Waals surface area contributed by atoms with Crippen LogP contribution in [0.15, 0.2) is 54.3 Å². The summed E-state index contributed by atoms with van der Waals surface area (Å²) in [5.41, 5.74) is -0.0614. The van der Waals surface area contributed by atoms with Gasteiger partial charge in [0.15, 0.2) is 17.6 Å². The van der Waals surface area contributed by atoms with Crippen LogP contribution in [0.4, 0.5) is 4.79 Å². The number of carbonyl (C=O) groups is 3. The Bertz CT molecular complexity index is 1530. The van der Waals surface area contributed by atoms with Crippen LogP contribution in [-0.2, 0) is 35.6 Å². The number of carbonyl (C=O) groups excluding carboxylic acids is 3. The highest BCUT2D eigenvalue weighted by Gasteiger charge is 2.72. The van der Waals surface area contributed by atoms with E-state index in [4.69, 9.17) is 23.7 Å². The van der Waals surface area contributed by atoms with Crippen molar-refractivity contribution in [3.8, 4) is 11.5 Å². The minimum absolute atomic E-state index is 0.0185. The topological polar surface area (TPSA) is 130 Å². The van der Waals surface area contributed by atoms with Crippen molar-refractivity contribution in [2.75, 3.05) is 13.7 Å². The number of methoxy groups -OCH3 is 1. The highest BCUT2D eigenvalue weighted by Crippen LogP contribution is 2.68. The van der Waals surface area contributed by atoms with Gasteiger partial charge < -0.3 is 34.1 Å². The smallest absolute Gasteiger partial charge is 0.407 e. The first kappa shape index (κ1) is 31.0. The van der Waals surface area contributed by atoms with Gasteiger partial charge in [0.2, 0.25) is 6.10 Å². The molecule has 6 rings (SSSR count). The van der Waals surface area contributed by atoms with Crippen molar-refractivity contribution in [3.63, 3.8) is 0 Å². The Morgan fingerprint density at radius 3 is 2.60 bits per heavy atom. The molecule has 10 heteroatoms. The first-order valence-electron chi connectivity index (χ1n) is 15.6. The number of benzene rings is 2. The summed E-state index contributed by atoms with van der Waals surface area (Å²) in [5.74, 6) is 0.281. The molecule has 0 aromatic heterocycles. The number of rotatable bonds is 8. The van der Waals surface area contributed by atoms with Crippen LogP contribution in [0.3, 0.4) is 0 Å². The van der Waals surface area contributed by atoms with Crippen molar-refractivity contribution < 1.29 is 43.2 Å². The summed E-state index contributed by atoms with van der Waals surface area (Å²) in [5, 5.41) is 15.0. The summed E-state index contributed by atoms with van der Waals surface area (Å²) >= 11 is 0. The van der Waals surface area contributed by atoms with Crippen LogP contribution in [0.1, 0.15) is 76.2 Å². The van der Waals surface area contributed by atoms with Crippen molar-refractivity contribution in [2.24, 2.45) is 11.8 Å². The van der Waals surface area contributed by atoms with Crippen LogP contribution in [0.25, 0.3) is 0 Å². The second kappa shape index (κ2) is 11.4. The molecule has 240 valence electrons. The fourth-order valence-electron chi connectivity index (χ4n) is 7.79. The summed E-state index contributed by atoms with van der Waals surface area (Å²) in [7, 11) is 1.58. The SMILES string of the molecule is COc1ccc2c3c1O[C@H]1C(OC(=O)[C@@H](OC(=O)CCNC(=O)OC(C)(C)C)c4ccccc4)=CC[C@@]4(O)[C@@H](C2)C(C)CC[C@]314. The predicted molar refractivity (Wildman–Crippen MR) is 163 cm³/mol. The van der Waals surface area contributed by atoms with Gasteiger partial charge in [-0.15, -0.1) is 0 Å². The molecule has 0 saturated heterocycles. The molecule has 1 spiro atoms. The Labute approximate surface area is 263 Å². The van der Waals surface area contributed by atoms with E-state index in [1.54, 1.807) is 64.3 Å². The van der Waals surface area contributed by atoms with Crippen molar-refractivity contribution in [2.45, 2.75) is 88.6 Å². The molecule has 4 aliphatic rings. The molecule has 1 unspecified atom stereocenters. The van der Waals surface area contributed by atoms with Gasteiger partial charge in [-0.1, -0.05) is 43.3 Å². The van der Waals surface area contributed by atoms with Gasteiger partial charge in [0, 0.05) is 17.7 Å². The van der Waals surface area contributed by atoms with E-state index in [9.17, 15) is 19.5 Å². The third-order valence-corrected chi connectivity index (χ3v) is 9.72. The van der Waals surface area contributed by atoms with Gasteiger partial charge in [0.05, 0.1) is 24.5 Å². The van der Waals surface area contributed by atoms with Crippen molar-refractivity contribution >= 4 is 18.0 Å². The van der Waals surface area contributed by atoms with Crippen LogP contribution in [0.5, 0.6) is 11.5 Å². The number of hydrogen-bond donors (Lipinski definition) is 2. The van der Waals surface area contributed by atoms with E-state index in [0.717, 1.165) is 24.0 Å². The first-order chi connectivity index (χ1) is 21.4. The van der Waals surface area contributed by atoms with Gasteiger partial charge in [-0.2, -0.15) is 0 Å². The summed E-state index contributed by atoms with van der Waals surface area (Å²) in [4.78, 5) is 38.7. The largest absolute Gasteiger partial charge is 0.493 e. The van der Waals surface area contributed by atoms with Crippen LogP contribution in [0.2, 0.25) is 0 Å². The molecular formula is C35H41NO9. The molecule has 2 aromatic rings. The lowest BCUT2D eigenvalue weighted by Crippen LogP contribution is -2.69. The third-order valence-electron chi connectivity index (χ3n) is 9.72. The molecule has 0 radical (unpaired) electrons. The average molecular weight is 620 g/mol. The molecule has 2 bridgehead atoms. The van der Waals surface area contributed by atoms with Gasteiger partial charge in [-0.25, -0.2) is 9.59 Å². The molecule has 45 heavy (non-hydrogen) atoms. The van der Waals surface area contributed by atoms with Gasteiger partial charge in [-0.05, 0) is 76.0 Å². The molecule has 1 fully saturated rings. The van der Waals surface area contributed by atoms with E-state index in [1.807, 2.05) is 6.07 Å². The van der Waals surface area contributed by atoms with Crippen LogP contribution in [0, 0.1) is 11.8 Å². The zero-order chi connectivity index (χ0) is 32.1. The Hall–Kier alpha value is -4.05. The average Bonchev–Trinajstić information content (AvgIpc) is 3.34. The zero-order valence-corrected chi connectivity index (χ0v) is 26.4. The second-order valence-electron chi connectivity index (χ2n) is 13.5. The minimum atomic E-state index is -1.36. The highest BCUT2D eigenvalue weighted by molar-refractivity contribution is 5.82. The van der Waals surface area contributed by atoms with E-state index < -0.39 is 46.9 Å². The van der Waals surface area contributed by atoms with Crippen LogP contribution in [-0.4, -0.2) is 54.1 Å². The molecule has 1 amide bonds. The van der Waals surface area contributed by atoms with E-state index in [2.05, 4.69) is 18.3 Å². The van der Waals surface area contributed by atoms with E-state index in [-0.39, 0.29) is 24.6 Å². The summed E-state index contributed by atoms with van der Waals surface area (Å²) < 4.78 is 29.2. The quantitative estimate of drug-likeness (QED) is 0.308. The molecule has 1 saturated carbocycles. The van der Waals surface area contributed by atoms with Gasteiger partial charge in [0.1, 0.15) is 11.4 Å². The summed E-state index contributed by atoms with van der Waals surface area (Å²) in [6.07, 6.45) is 1.39. The number of ether oxygens (including phenoxy) is 5. The molecule has 3 aliphatic carbocycles. The Balaban J connectivity index is 1.25. The zero-order valence-electron chi connectivity index (χ0n) is 26.4. The lowest BCUT2D eigenvalue weighted by molar-refractivity contribution is -0.177. The normalized spacial score (nSPS) is 28.0. The minimum Gasteiger partial charge on any atom is -0.493 e. The van der Waals surface area contributed by atoms with Gasteiger partial charge in [-0.3, -0.25) is 4.79 Å². The number of alkyl carbamates (subject to hydrolysis) is 1. The predicted octanol–water partition coefficient (Wildman–Crippen LogP) is 5.06. The Kier molecular flexibility index (Phi) is 7.83. The van der Waals surface area contributed by atoms with Gasteiger partial charge in [0.25, 0.3) is 0 Å². The summed E-state index contributed by atoms with van der Waals surface area (Å²) in [6, 6.07) is 12.6. The Morgan fingerprint density at radius 2 is 1.89 bits per heavy atom. The van der Waals surface area contributed by atoms with Crippen molar-refractivity contribution in [1.29, 1.82) is 0 Å². The lowest BCUT2D eigenvalue weighted by atomic mass is 9.45. The monoisotopic (exact) mass is 619 g/mol. The highest BCUT2D eigenvalue weighted by atomic mass is 16.6. The third kappa shape index (κ3) is 5.22. The maximum absolute atomic E-state index is 13.9. The fourth-order valence-corrected chi connectivity index (χ4v) is 7.79. The van der Waals surface area contributed by atoms with E-state index in [0.29, 0.717) is 35.8 Å². The maximum atomic E-state index is 13.9. The van der Waals surface area contributed by atoms with Crippen LogP contribution < -0.4 is 14.8 Å². The second-order valence-corrected chi connectivity index (χ2v) is 13.5.